The summed E-state index contributed by atoms with van der Waals surface area (Å²) in [6.07, 6.45) is 1.64. The van der Waals surface area contributed by atoms with Gasteiger partial charge in [0.15, 0.2) is 4.80 Å². The molecule has 0 fully saturated rings. The maximum absolute atomic E-state index is 14.3. The lowest BCUT2D eigenvalue weighted by Crippen LogP contribution is -2.40. The fourth-order valence-corrected chi connectivity index (χ4v) is 6.99. The molecule has 0 radical (unpaired) electrons. The minimum absolute atomic E-state index is 0.214. The molecule has 1 atom stereocenters. The highest BCUT2D eigenvalue weighted by molar-refractivity contribution is 7.07. The van der Waals surface area contributed by atoms with Gasteiger partial charge in [0.05, 0.1) is 34.6 Å². The average Bonchev–Trinajstić information content (AvgIpc) is 3.46. The van der Waals surface area contributed by atoms with Gasteiger partial charge in [0, 0.05) is 33.7 Å². The molecule has 1 aliphatic heterocycles. The number of fused-ring (bicyclic) bond motifs is 2. The summed E-state index contributed by atoms with van der Waals surface area (Å²) in [6.45, 7) is 10.6. The Bertz CT molecular complexity index is 2120. The van der Waals surface area contributed by atoms with E-state index in [9.17, 15) is 9.59 Å². The number of nitrogens with zero attached hydrogens (tertiary/aromatic N) is 3. The minimum atomic E-state index is -0.697. The molecule has 0 unspecified atom stereocenters. The van der Waals surface area contributed by atoms with Gasteiger partial charge in [-0.05, 0) is 82.2 Å². The number of hydrogen-bond acceptors (Lipinski definition) is 6. The number of benzene rings is 3. The Hall–Kier alpha value is -4.40. The van der Waals surface area contributed by atoms with Crippen molar-refractivity contribution in [3.63, 3.8) is 0 Å². The first-order valence-electron chi connectivity index (χ1n) is 14.9. The quantitative estimate of drug-likeness (QED) is 0.181. The van der Waals surface area contributed by atoms with Gasteiger partial charge in [-0.15, -0.1) is 0 Å². The number of carbonyl (C=O) groups excluding carboxylic acids is 1. The summed E-state index contributed by atoms with van der Waals surface area (Å²) in [5.74, 6) is 0.228. The van der Waals surface area contributed by atoms with E-state index < -0.39 is 12.0 Å². The van der Waals surface area contributed by atoms with Crippen molar-refractivity contribution >= 4 is 45.9 Å². The Morgan fingerprint density at radius 2 is 1.76 bits per heavy atom. The van der Waals surface area contributed by atoms with E-state index in [1.165, 1.54) is 11.3 Å². The zero-order valence-corrected chi connectivity index (χ0v) is 27.4. The van der Waals surface area contributed by atoms with Crippen LogP contribution in [0, 0.1) is 6.92 Å². The second-order valence-corrected chi connectivity index (χ2v) is 12.7. The van der Waals surface area contributed by atoms with Gasteiger partial charge in [-0.25, -0.2) is 9.79 Å². The van der Waals surface area contributed by atoms with E-state index in [1.54, 1.807) is 25.3 Å². The molecule has 45 heavy (non-hydrogen) atoms. The molecule has 2 aromatic heterocycles. The van der Waals surface area contributed by atoms with Gasteiger partial charge >= 0.3 is 5.97 Å². The first-order chi connectivity index (χ1) is 21.7. The number of rotatable bonds is 8. The lowest BCUT2D eigenvalue weighted by Gasteiger charge is -2.25. The van der Waals surface area contributed by atoms with Crippen LogP contribution < -0.4 is 19.6 Å². The van der Waals surface area contributed by atoms with E-state index in [0.717, 1.165) is 33.3 Å². The van der Waals surface area contributed by atoms with E-state index in [-0.39, 0.29) is 11.7 Å². The van der Waals surface area contributed by atoms with Crippen LogP contribution in [-0.2, 0) is 16.1 Å². The second kappa shape index (κ2) is 12.5. The predicted octanol–water partition coefficient (Wildman–Crippen LogP) is 6.55. The number of para-hydroxylation sites is 1. The van der Waals surface area contributed by atoms with E-state index in [4.69, 9.17) is 26.1 Å². The van der Waals surface area contributed by atoms with Crippen LogP contribution in [0.3, 0.4) is 0 Å². The van der Waals surface area contributed by atoms with Gasteiger partial charge in [-0.3, -0.25) is 9.36 Å². The van der Waals surface area contributed by atoms with E-state index in [2.05, 4.69) is 23.6 Å². The van der Waals surface area contributed by atoms with Crippen molar-refractivity contribution in [3.05, 3.63) is 131 Å². The van der Waals surface area contributed by atoms with Crippen LogP contribution in [0.1, 0.15) is 56.1 Å². The summed E-state index contributed by atoms with van der Waals surface area (Å²) in [5.41, 5.74) is 5.65. The predicted molar refractivity (Wildman–Crippen MR) is 180 cm³/mol. The van der Waals surface area contributed by atoms with Crippen LogP contribution >= 0.6 is 22.9 Å². The summed E-state index contributed by atoms with van der Waals surface area (Å²) in [6, 6.07) is 22.9. The maximum atomic E-state index is 14.3. The van der Waals surface area contributed by atoms with Crippen molar-refractivity contribution in [1.29, 1.82) is 0 Å². The molecule has 5 aromatic rings. The highest BCUT2D eigenvalue weighted by atomic mass is 35.5. The molecular formula is C36H34ClN3O4S. The van der Waals surface area contributed by atoms with Crippen LogP contribution in [0.2, 0.25) is 5.02 Å². The van der Waals surface area contributed by atoms with Crippen LogP contribution in [-0.4, -0.2) is 27.8 Å². The summed E-state index contributed by atoms with van der Waals surface area (Å²) in [5, 5.41) is 1.75. The molecule has 0 N–H and O–H groups in total. The molecule has 230 valence electrons. The summed E-state index contributed by atoms with van der Waals surface area (Å²) in [4.78, 5) is 33.1. The molecule has 7 nitrogen and oxygen atoms in total. The zero-order chi connectivity index (χ0) is 31.8. The summed E-state index contributed by atoms with van der Waals surface area (Å²) in [7, 11) is 0. The fourth-order valence-electron chi connectivity index (χ4n) is 5.84. The molecule has 0 amide bonds. The Labute approximate surface area is 270 Å². The van der Waals surface area contributed by atoms with Crippen LogP contribution in [0.25, 0.3) is 17.0 Å². The maximum Gasteiger partial charge on any atom is 0.338 e. The lowest BCUT2D eigenvalue weighted by atomic mass is 9.96. The molecule has 6 rings (SSSR count). The SMILES string of the molecule is CCOc1ccc([C@H]2C(C(=O)OC(C)C)=C(C)N=c3s/c(=C/c4c(C)n(Cc5ccc(Cl)cc5)c5ccccc45)c(=O)n32)cc1. The topological polar surface area (TPSA) is 74.8 Å². The smallest absolute Gasteiger partial charge is 0.338 e. The van der Waals surface area contributed by atoms with Crippen LogP contribution in [0.4, 0.5) is 0 Å². The minimum Gasteiger partial charge on any atom is -0.494 e. The molecule has 3 heterocycles. The van der Waals surface area contributed by atoms with Gasteiger partial charge in [0.2, 0.25) is 0 Å². The molecule has 3 aromatic carbocycles. The Morgan fingerprint density at radius 1 is 1.04 bits per heavy atom. The Balaban J connectivity index is 1.52. The lowest BCUT2D eigenvalue weighted by molar-refractivity contribution is -0.143. The van der Waals surface area contributed by atoms with Crippen molar-refractivity contribution in [2.24, 2.45) is 4.99 Å². The van der Waals surface area contributed by atoms with E-state index in [0.29, 0.717) is 44.5 Å². The number of carbonyl (C=O) groups is 1. The van der Waals surface area contributed by atoms with Crippen molar-refractivity contribution in [2.45, 2.75) is 53.3 Å². The molecule has 0 saturated heterocycles. The number of hydrogen-bond donors (Lipinski definition) is 0. The van der Waals surface area contributed by atoms with Crippen molar-refractivity contribution < 1.29 is 14.3 Å². The van der Waals surface area contributed by atoms with Crippen LogP contribution in [0.5, 0.6) is 5.75 Å². The molecule has 0 saturated carbocycles. The van der Waals surface area contributed by atoms with Gasteiger partial charge in [-0.2, -0.15) is 0 Å². The van der Waals surface area contributed by atoms with Gasteiger partial charge < -0.3 is 14.0 Å². The van der Waals surface area contributed by atoms with E-state index in [1.807, 2.05) is 73.7 Å². The molecule has 0 aliphatic carbocycles. The number of halogens is 1. The summed E-state index contributed by atoms with van der Waals surface area (Å²) >= 11 is 7.46. The molecular weight excluding hydrogens is 606 g/mol. The zero-order valence-electron chi connectivity index (χ0n) is 25.8. The number of allylic oxidation sites excluding steroid dienone is 1. The number of aromatic nitrogens is 2. The molecule has 0 bridgehead atoms. The van der Waals surface area contributed by atoms with Gasteiger partial charge in [0.1, 0.15) is 5.75 Å². The normalized spacial score (nSPS) is 15.0. The Kier molecular flexibility index (Phi) is 8.53. The summed E-state index contributed by atoms with van der Waals surface area (Å²) < 4.78 is 15.7. The van der Waals surface area contributed by atoms with Crippen molar-refractivity contribution in [3.8, 4) is 5.75 Å². The molecule has 0 spiro atoms. The molecule has 9 heteroatoms. The van der Waals surface area contributed by atoms with Gasteiger partial charge in [0.25, 0.3) is 5.56 Å². The third kappa shape index (κ3) is 5.88. The highest BCUT2D eigenvalue weighted by Crippen LogP contribution is 2.32. The first-order valence-corrected chi connectivity index (χ1v) is 16.1. The third-order valence-corrected chi connectivity index (χ3v) is 9.14. The van der Waals surface area contributed by atoms with Gasteiger partial charge in [-0.1, -0.05) is 65.4 Å². The monoisotopic (exact) mass is 639 g/mol. The molecule has 1 aliphatic rings. The Morgan fingerprint density at radius 3 is 2.44 bits per heavy atom. The van der Waals surface area contributed by atoms with E-state index >= 15 is 0 Å². The van der Waals surface area contributed by atoms with Crippen molar-refractivity contribution in [1.82, 2.24) is 9.13 Å². The highest BCUT2D eigenvalue weighted by Gasteiger charge is 2.34. The largest absolute Gasteiger partial charge is 0.494 e. The second-order valence-electron chi connectivity index (χ2n) is 11.3. The number of esters is 1. The third-order valence-electron chi connectivity index (χ3n) is 7.90. The standard InChI is InChI=1S/C36H34ClN3O4S/c1-6-43-27-17-13-25(14-18-27)33-32(35(42)44-21(2)3)22(4)38-36-40(33)34(41)31(45-36)19-29-23(5)39(30-10-8-7-9-28(29)30)20-24-11-15-26(37)16-12-24/h7-19,21,33H,6,20H2,1-5H3/b31-19+/t33-/m0/s1. The average molecular weight is 640 g/mol. The number of thiazole rings is 1. The number of ether oxygens (including phenoxy) is 2. The van der Waals surface area contributed by atoms with Crippen LogP contribution in [0.15, 0.2) is 93.9 Å². The first kappa shape index (κ1) is 30.6. The van der Waals surface area contributed by atoms with Crippen molar-refractivity contribution in [2.75, 3.05) is 6.61 Å². The fraction of sp³-hybridized carbons (Fsp3) is 0.250.